The third-order valence-electron chi connectivity index (χ3n) is 10.3. The van der Waals surface area contributed by atoms with Gasteiger partial charge >= 0.3 is 0 Å². The molecule has 2 heterocycles. The predicted molar refractivity (Wildman–Crippen MR) is 178 cm³/mol. The Morgan fingerprint density at radius 1 is 0.979 bits per heavy atom. The van der Waals surface area contributed by atoms with Gasteiger partial charge in [-0.25, -0.2) is 4.39 Å². The SMILES string of the molecule is CCC(=O)N[C@@H](C(=O)N1CCN(C)CC1)[C@@H](C)c1ccc(NC(=O)[C@@H](CC(=O)c2ccnn2CC2CC2)C2CCCCCC2)c(F)c1. The molecule has 47 heavy (non-hydrogen) atoms. The molecule has 3 amide bonds. The summed E-state index contributed by atoms with van der Waals surface area (Å²) in [5, 5.41) is 10.1. The molecule has 0 spiro atoms. The molecule has 11 heteroatoms. The molecular weight excluding hydrogens is 599 g/mol. The van der Waals surface area contributed by atoms with Crippen LogP contribution in [0.2, 0.25) is 0 Å². The van der Waals surface area contributed by atoms with E-state index in [4.69, 9.17) is 0 Å². The average molecular weight is 651 g/mol. The number of aromatic nitrogens is 2. The van der Waals surface area contributed by atoms with Gasteiger partial charge in [0.2, 0.25) is 17.7 Å². The molecular formula is C36H51FN6O4. The number of anilines is 1. The van der Waals surface area contributed by atoms with Crippen molar-refractivity contribution in [3.05, 3.63) is 47.5 Å². The van der Waals surface area contributed by atoms with Crippen molar-refractivity contribution >= 4 is 29.2 Å². The molecule has 5 rings (SSSR count). The number of carbonyl (C=O) groups is 4. The van der Waals surface area contributed by atoms with Gasteiger partial charge in [0.1, 0.15) is 17.6 Å². The lowest BCUT2D eigenvalue weighted by atomic mass is 9.81. The third-order valence-corrected chi connectivity index (χ3v) is 10.3. The fourth-order valence-corrected chi connectivity index (χ4v) is 6.98. The van der Waals surface area contributed by atoms with Crippen molar-refractivity contribution in [2.24, 2.45) is 17.8 Å². The van der Waals surface area contributed by atoms with Crippen LogP contribution in [0.25, 0.3) is 0 Å². The Labute approximate surface area is 277 Å². The average Bonchev–Trinajstić information content (AvgIpc) is 3.83. The zero-order chi connectivity index (χ0) is 33.5. The van der Waals surface area contributed by atoms with E-state index < -0.39 is 23.7 Å². The Kier molecular flexibility index (Phi) is 11.8. The topological polar surface area (TPSA) is 117 Å². The minimum absolute atomic E-state index is 0.0344. The summed E-state index contributed by atoms with van der Waals surface area (Å²) in [7, 11) is 2.01. The highest BCUT2D eigenvalue weighted by atomic mass is 19.1. The molecule has 2 aromatic rings. The van der Waals surface area contributed by atoms with Gasteiger partial charge in [-0.05, 0) is 68.3 Å². The maximum Gasteiger partial charge on any atom is 0.245 e. The number of nitrogens with one attached hydrogen (secondary N) is 2. The van der Waals surface area contributed by atoms with Crippen LogP contribution in [0, 0.1) is 23.6 Å². The first kappa shape index (κ1) is 34.7. The predicted octanol–water partition coefficient (Wildman–Crippen LogP) is 5.00. The van der Waals surface area contributed by atoms with Gasteiger partial charge in [-0.15, -0.1) is 0 Å². The molecule has 0 unspecified atom stereocenters. The summed E-state index contributed by atoms with van der Waals surface area (Å²) in [4.78, 5) is 57.4. The Balaban J connectivity index is 1.31. The summed E-state index contributed by atoms with van der Waals surface area (Å²) in [6.45, 7) is 6.87. The van der Waals surface area contributed by atoms with Crippen molar-refractivity contribution in [3.8, 4) is 0 Å². The smallest absolute Gasteiger partial charge is 0.245 e. The van der Waals surface area contributed by atoms with Crippen LogP contribution in [0.15, 0.2) is 30.5 Å². The molecule has 3 aliphatic rings. The molecule has 2 saturated carbocycles. The van der Waals surface area contributed by atoms with E-state index in [2.05, 4.69) is 20.6 Å². The summed E-state index contributed by atoms with van der Waals surface area (Å²) in [6.07, 6.45) is 10.2. The Morgan fingerprint density at radius 2 is 1.68 bits per heavy atom. The van der Waals surface area contributed by atoms with E-state index in [0.29, 0.717) is 36.8 Å². The van der Waals surface area contributed by atoms with Gasteiger partial charge in [-0.1, -0.05) is 45.6 Å². The maximum atomic E-state index is 15.7. The highest BCUT2D eigenvalue weighted by molar-refractivity contribution is 6.00. The summed E-state index contributed by atoms with van der Waals surface area (Å²) in [5.41, 5.74) is 1.11. The number of hydrogen-bond acceptors (Lipinski definition) is 6. The van der Waals surface area contributed by atoms with Gasteiger partial charge in [0.25, 0.3) is 0 Å². The summed E-state index contributed by atoms with van der Waals surface area (Å²) in [5.74, 6) is -2.01. The first-order chi connectivity index (χ1) is 22.6. The largest absolute Gasteiger partial charge is 0.344 e. The number of amides is 3. The number of benzene rings is 1. The lowest BCUT2D eigenvalue weighted by Crippen LogP contribution is -2.55. The van der Waals surface area contributed by atoms with E-state index >= 15 is 4.39 Å². The van der Waals surface area contributed by atoms with Crippen LogP contribution >= 0.6 is 0 Å². The highest BCUT2D eigenvalue weighted by Gasteiger charge is 2.35. The minimum atomic E-state index is -0.843. The van der Waals surface area contributed by atoms with Crippen molar-refractivity contribution in [2.45, 2.75) is 96.6 Å². The summed E-state index contributed by atoms with van der Waals surface area (Å²) < 4.78 is 17.5. The molecule has 1 saturated heterocycles. The first-order valence-corrected chi connectivity index (χ1v) is 17.6. The van der Waals surface area contributed by atoms with E-state index in [-0.39, 0.29) is 48.0 Å². The fraction of sp³-hybridized carbons (Fsp3) is 0.639. The normalized spacial score (nSPS) is 19.8. The number of carbonyl (C=O) groups excluding carboxylic acids is 4. The molecule has 256 valence electrons. The molecule has 1 aliphatic heterocycles. The second-order valence-electron chi connectivity index (χ2n) is 13.9. The molecule has 2 aliphatic carbocycles. The van der Waals surface area contributed by atoms with Gasteiger partial charge in [-0.3, -0.25) is 23.9 Å². The van der Waals surface area contributed by atoms with Crippen molar-refractivity contribution in [1.29, 1.82) is 0 Å². The Morgan fingerprint density at radius 3 is 2.32 bits per heavy atom. The molecule has 3 fully saturated rings. The van der Waals surface area contributed by atoms with Gasteiger partial charge in [0.05, 0.1) is 5.69 Å². The second-order valence-corrected chi connectivity index (χ2v) is 13.9. The van der Waals surface area contributed by atoms with Crippen LogP contribution in [-0.2, 0) is 20.9 Å². The number of halogens is 1. The molecule has 1 aromatic heterocycles. The lowest BCUT2D eigenvalue weighted by Gasteiger charge is -2.36. The third kappa shape index (κ3) is 9.06. The van der Waals surface area contributed by atoms with Crippen molar-refractivity contribution in [3.63, 3.8) is 0 Å². The molecule has 1 aromatic carbocycles. The zero-order valence-electron chi connectivity index (χ0n) is 28.2. The van der Waals surface area contributed by atoms with Crippen molar-refractivity contribution in [1.82, 2.24) is 24.9 Å². The molecule has 2 N–H and O–H groups in total. The lowest BCUT2D eigenvalue weighted by molar-refractivity contribution is -0.138. The van der Waals surface area contributed by atoms with E-state index in [1.54, 1.807) is 34.8 Å². The van der Waals surface area contributed by atoms with Crippen LogP contribution in [0.4, 0.5) is 10.1 Å². The monoisotopic (exact) mass is 650 g/mol. The standard InChI is InChI=1S/C36H51FN6O4/c1-4-33(45)40-34(36(47)42-19-17-41(3)18-20-42)24(2)27-13-14-30(29(37)21-27)39-35(46)28(26-9-7-5-6-8-10-26)22-32(44)31-15-16-38-43(31)23-25-11-12-25/h13-16,21,24-26,28,34H,4-12,17-20,22-23H2,1-3H3,(H,39,46)(H,40,45)/t24-,28-,34+/m0/s1. The number of ketones is 1. The van der Waals surface area contributed by atoms with Crippen LogP contribution in [0.1, 0.15) is 100 Å². The van der Waals surface area contributed by atoms with Gasteiger partial charge in [0.15, 0.2) is 5.78 Å². The van der Waals surface area contributed by atoms with Crippen LogP contribution in [0.5, 0.6) is 0 Å². The Hall–Kier alpha value is -3.60. The zero-order valence-corrected chi connectivity index (χ0v) is 28.2. The summed E-state index contributed by atoms with van der Waals surface area (Å²) >= 11 is 0. The number of likely N-dealkylation sites (N-methyl/N-ethyl adjacent to an activating group) is 1. The van der Waals surface area contributed by atoms with Crippen LogP contribution in [-0.4, -0.2) is 82.4 Å². The number of Topliss-reactive ketones (excluding diaryl/α,β-unsaturated/α-hetero) is 1. The maximum absolute atomic E-state index is 15.7. The highest BCUT2D eigenvalue weighted by Crippen LogP contribution is 2.34. The van der Waals surface area contributed by atoms with Crippen LogP contribution in [0.3, 0.4) is 0 Å². The number of piperazine rings is 1. The molecule has 0 radical (unpaired) electrons. The van der Waals surface area contributed by atoms with Crippen LogP contribution < -0.4 is 10.6 Å². The van der Waals surface area contributed by atoms with Crippen molar-refractivity contribution in [2.75, 3.05) is 38.5 Å². The second kappa shape index (κ2) is 16.0. The van der Waals surface area contributed by atoms with Crippen molar-refractivity contribution < 1.29 is 23.6 Å². The number of hydrogen-bond donors (Lipinski definition) is 2. The minimum Gasteiger partial charge on any atom is -0.344 e. The summed E-state index contributed by atoms with van der Waals surface area (Å²) in [6, 6.07) is 5.45. The van der Waals surface area contributed by atoms with E-state index in [1.807, 2.05) is 14.0 Å². The molecule has 0 bridgehead atoms. The van der Waals surface area contributed by atoms with Gasteiger partial charge in [0, 0.05) is 63.6 Å². The van der Waals surface area contributed by atoms with Gasteiger partial charge < -0.3 is 20.4 Å². The fourth-order valence-electron chi connectivity index (χ4n) is 6.98. The molecule has 3 atom stereocenters. The number of rotatable bonds is 13. The first-order valence-electron chi connectivity index (χ1n) is 17.6. The number of nitrogens with zero attached hydrogens (tertiary/aromatic N) is 4. The molecule has 10 nitrogen and oxygen atoms in total. The van der Waals surface area contributed by atoms with E-state index in [0.717, 1.165) is 64.5 Å². The Bertz CT molecular complexity index is 1410. The van der Waals surface area contributed by atoms with E-state index in [9.17, 15) is 19.2 Å². The quantitative estimate of drug-likeness (QED) is 0.233. The van der Waals surface area contributed by atoms with Gasteiger partial charge in [-0.2, -0.15) is 5.10 Å². The van der Waals surface area contributed by atoms with E-state index in [1.165, 1.54) is 12.1 Å².